The summed E-state index contributed by atoms with van der Waals surface area (Å²) in [6.07, 6.45) is 3.57. The van der Waals surface area contributed by atoms with E-state index in [1.54, 1.807) is 0 Å². The Labute approximate surface area is 116 Å². The molecule has 0 spiro atoms. The predicted octanol–water partition coefficient (Wildman–Crippen LogP) is 3.80. The molecular formula is C17H24N2. The number of fused-ring (bicyclic) bond motifs is 1. The lowest BCUT2D eigenvalue weighted by Gasteiger charge is -2.24. The second kappa shape index (κ2) is 7.15. The quantitative estimate of drug-likeness (QED) is 0.764. The molecule has 2 N–H and O–H groups in total. The maximum absolute atomic E-state index is 5.55. The summed E-state index contributed by atoms with van der Waals surface area (Å²) in [5, 5.41) is 2.67. The van der Waals surface area contributed by atoms with E-state index in [4.69, 9.17) is 5.73 Å². The minimum absolute atomic E-state index is 0.806. The average molecular weight is 256 g/mol. The molecule has 0 aliphatic heterocycles. The Hall–Kier alpha value is -1.54. The maximum Gasteiger partial charge on any atom is 0.0445 e. The van der Waals surface area contributed by atoms with Crippen LogP contribution in [-0.2, 0) is 0 Å². The van der Waals surface area contributed by atoms with Gasteiger partial charge >= 0.3 is 0 Å². The van der Waals surface area contributed by atoms with Crippen LogP contribution in [0.3, 0.4) is 0 Å². The molecule has 2 aromatic rings. The Balaban J connectivity index is 2.16. The van der Waals surface area contributed by atoms with Gasteiger partial charge in [-0.3, -0.25) is 0 Å². The summed E-state index contributed by atoms with van der Waals surface area (Å²) in [4.78, 5) is 2.47. The molecule has 0 fully saturated rings. The summed E-state index contributed by atoms with van der Waals surface area (Å²) in [6, 6.07) is 15.2. The van der Waals surface area contributed by atoms with E-state index in [0.29, 0.717) is 0 Å². The van der Waals surface area contributed by atoms with Crippen LogP contribution in [0.4, 0.5) is 5.69 Å². The van der Waals surface area contributed by atoms with E-state index >= 15 is 0 Å². The van der Waals surface area contributed by atoms with Crippen LogP contribution < -0.4 is 10.6 Å². The number of benzene rings is 2. The molecule has 0 radical (unpaired) electrons. The zero-order valence-corrected chi connectivity index (χ0v) is 11.8. The lowest BCUT2D eigenvalue weighted by Crippen LogP contribution is -2.24. The first-order chi connectivity index (χ1) is 9.36. The van der Waals surface area contributed by atoms with E-state index in [1.165, 1.54) is 29.3 Å². The van der Waals surface area contributed by atoms with Crippen molar-refractivity contribution < 1.29 is 0 Å². The molecule has 0 unspecified atom stereocenters. The Bertz CT molecular complexity index is 502. The van der Waals surface area contributed by atoms with Gasteiger partial charge in [0, 0.05) is 24.2 Å². The molecule has 0 heterocycles. The van der Waals surface area contributed by atoms with Crippen LogP contribution >= 0.6 is 0 Å². The first-order valence-corrected chi connectivity index (χ1v) is 7.29. The summed E-state index contributed by atoms with van der Waals surface area (Å²) >= 11 is 0. The maximum atomic E-state index is 5.55. The Morgan fingerprint density at radius 1 is 0.947 bits per heavy atom. The van der Waals surface area contributed by atoms with Crippen molar-refractivity contribution in [1.29, 1.82) is 0 Å². The van der Waals surface area contributed by atoms with E-state index in [0.717, 1.165) is 26.1 Å². The molecule has 0 saturated heterocycles. The number of anilines is 1. The smallest absolute Gasteiger partial charge is 0.0445 e. The van der Waals surface area contributed by atoms with Crippen LogP contribution in [0.2, 0.25) is 0 Å². The van der Waals surface area contributed by atoms with Gasteiger partial charge in [-0.15, -0.1) is 0 Å². The van der Waals surface area contributed by atoms with Gasteiger partial charge in [0.25, 0.3) is 0 Å². The molecule has 0 aliphatic carbocycles. The van der Waals surface area contributed by atoms with Gasteiger partial charge in [-0.1, -0.05) is 42.8 Å². The molecular weight excluding hydrogens is 232 g/mol. The van der Waals surface area contributed by atoms with Crippen molar-refractivity contribution in [2.45, 2.75) is 26.2 Å². The number of nitrogens with zero attached hydrogens (tertiary/aromatic N) is 1. The number of unbranched alkanes of at least 4 members (excludes halogenated alkanes) is 2. The van der Waals surface area contributed by atoms with E-state index in [9.17, 15) is 0 Å². The number of rotatable bonds is 7. The Morgan fingerprint density at radius 3 is 2.53 bits per heavy atom. The van der Waals surface area contributed by atoms with Crippen molar-refractivity contribution in [3.05, 3.63) is 42.5 Å². The topological polar surface area (TPSA) is 29.3 Å². The van der Waals surface area contributed by atoms with Gasteiger partial charge < -0.3 is 10.6 Å². The van der Waals surface area contributed by atoms with Crippen molar-refractivity contribution in [3.8, 4) is 0 Å². The monoisotopic (exact) mass is 256 g/mol. The van der Waals surface area contributed by atoms with Crippen LogP contribution in [0, 0.1) is 0 Å². The van der Waals surface area contributed by atoms with E-state index in [2.05, 4.69) is 54.3 Å². The summed E-state index contributed by atoms with van der Waals surface area (Å²) in [5.41, 5.74) is 6.90. The average Bonchev–Trinajstić information content (AvgIpc) is 2.47. The molecule has 0 amide bonds. The van der Waals surface area contributed by atoms with E-state index in [1.807, 2.05) is 0 Å². The summed E-state index contributed by atoms with van der Waals surface area (Å²) < 4.78 is 0. The zero-order valence-electron chi connectivity index (χ0n) is 11.8. The summed E-state index contributed by atoms with van der Waals surface area (Å²) in [6.45, 7) is 5.20. The van der Waals surface area contributed by atoms with Gasteiger partial charge in [-0.05, 0) is 37.8 Å². The Morgan fingerprint density at radius 2 is 1.74 bits per heavy atom. The summed E-state index contributed by atoms with van der Waals surface area (Å²) in [7, 11) is 0. The van der Waals surface area contributed by atoms with Crippen LogP contribution in [-0.4, -0.2) is 19.6 Å². The fraction of sp³-hybridized carbons (Fsp3) is 0.412. The van der Waals surface area contributed by atoms with Gasteiger partial charge in [-0.2, -0.15) is 0 Å². The third-order valence-corrected chi connectivity index (χ3v) is 3.62. The molecule has 0 aromatic heterocycles. The lowest BCUT2D eigenvalue weighted by atomic mass is 10.1. The van der Waals surface area contributed by atoms with Crippen molar-refractivity contribution in [2.75, 3.05) is 24.5 Å². The van der Waals surface area contributed by atoms with Crippen LogP contribution in [0.5, 0.6) is 0 Å². The van der Waals surface area contributed by atoms with Crippen molar-refractivity contribution in [1.82, 2.24) is 0 Å². The molecule has 0 aliphatic rings. The second-order valence-corrected chi connectivity index (χ2v) is 4.93. The molecule has 19 heavy (non-hydrogen) atoms. The highest BCUT2D eigenvalue weighted by Crippen LogP contribution is 2.26. The first kappa shape index (κ1) is 13.9. The van der Waals surface area contributed by atoms with Gasteiger partial charge in [-0.25, -0.2) is 0 Å². The SMILES string of the molecule is CCN(CCCCCN)c1cccc2ccccc12. The standard InChI is InChI=1S/C17H24N2/c1-2-19(14-7-3-6-13-18)17-12-8-10-15-9-4-5-11-16(15)17/h4-5,8-12H,2-3,6-7,13-14,18H2,1H3. The molecule has 0 saturated carbocycles. The van der Waals surface area contributed by atoms with Crippen molar-refractivity contribution in [3.63, 3.8) is 0 Å². The number of nitrogens with two attached hydrogens (primary N) is 1. The van der Waals surface area contributed by atoms with Crippen LogP contribution in [0.15, 0.2) is 42.5 Å². The normalized spacial score (nSPS) is 10.8. The fourth-order valence-corrected chi connectivity index (χ4v) is 2.56. The molecule has 2 heteroatoms. The van der Waals surface area contributed by atoms with Crippen LogP contribution in [0.1, 0.15) is 26.2 Å². The van der Waals surface area contributed by atoms with Crippen LogP contribution in [0.25, 0.3) is 10.8 Å². The van der Waals surface area contributed by atoms with E-state index < -0.39 is 0 Å². The van der Waals surface area contributed by atoms with E-state index in [-0.39, 0.29) is 0 Å². The molecule has 2 rings (SSSR count). The fourth-order valence-electron chi connectivity index (χ4n) is 2.56. The Kier molecular flexibility index (Phi) is 5.22. The minimum atomic E-state index is 0.806. The molecule has 0 atom stereocenters. The predicted molar refractivity (Wildman–Crippen MR) is 84.7 cm³/mol. The van der Waals surface area contributed by atoms with Gasteiger partial charge in [0.2, 0.25) is 0 Å². The highest BCUT2D eigenvalue weighted by molar-refractivity contribution is 5.94. The molecule has 2 nitrogen and oxygen atoms in total. The first-order valence-electron chi connectivity index (χ1n) is 7.29. The molecule has 102 valence electrons. The highest BCUT2D eigenvalue weighted by atomic mass is 15.1. The second-order valence-electron chi connectivity index (χ2n) is 4.93. The largest absolute Gasteiger partial charge is 0.371 e. The molecule has 2 aromatic carbocycles. The minimum Gasteiger partial charge on any atom is -0.371 e. The highest BCUT2D eigenvalue weighted by Gasteiger charge is 2.07. The van der Waals surface area contributed by atoms with Gasteiger partial charge in [0.1, 0.15) is 0 Å². The zero-order chi connectivity index (χ0) is 13.5. The summed E-state index contributed by atoms with van der Waals surface area (Å²) in [5.74, 6) is 0. The van der Waals surface area contributed by atoms with Gasteiger partial charge in [0.05, 0.1) is 0 Å². The van der Waals surface area contributed by atoms with Crippen molar-refractivity contribution >= 4 is 16.5 Å². The number of hydrogen-bond donors (Lipinski definition) is 1. The molecule has 0 bridgehead atoms. The third-order valence-electron chi connectivity index (χ3n) is 3.62. The van der Waals surface area contributed by atoms with Crippen molar-refractivity contribution in [2.24, 2.45) is 5.73 Å². The number of hydrogen-bond acceptors (Lipinski definition) is 2. The third kappa shape index (κ3) is 3.48. The lowest BCUT2D eigenvalue weighted by molar-refractivity contribution is 0.665. The van der Waals surface area contributed by atoms with Gasteiger partial charge in [0.15, 0.2) is 0 Å².